The van der Waals surface area contributed by atoms with Crippen molar-refractivity contribution < 1.29 is 9.59 Å². The van der Waals surface area contributed by atoms with Crippen molar-refractivity contribution in [1.82, 2.24) is 24.9 Å². The summed E-state index contributed by atoms with van der Waals surface area (Å²) in [6.07, 6.45) is 5.08. The monoisotopic (exact) mass is 348 g/mol. The first-order chi connectivity index (χ1) is 11.9. The third-order valence-corrected chi connectivity index (χ3v) is 5.73. The van der Waals surface area contributed by atoms with Crippen LogP contribution >= 0.6 is 0 Å². The molecule has 0 bridgehead atoms. The van der Waals surface area contributed by atoms with Gasteiger partial charge >= 0.3 is 0 Å². The number of nitrogens with one attached hydrogen (secondary N) is 1. The average molecular weight is 348 g/mol. The quantitative estimate of drug-likeness (QED) is 0.755. The molecular formula is C17H28N6O2. The number of amides is 2. The Morgan fingerprint density at radius 3 is 2.32 bits per heavy atom. The van der Waals surface area contributed by atoms with E-state index in [2.05, 4.69) is 15.3 Å². The number of rotatable bonds is 4. The molecule has 0 spiro atoms. The largest absolute Gasteiger partial charge is 0.368 e. The molecule has 8 heteroatoms. The number of hydrogen-bond donors (Lipinski definition) is 2. The lowest BCUT2D eigenvalue weighted by Gasteiger charge is -2.45. The molecule has 0 saturated carbocycles. The summed E-state index contributed by atoms with van der Waals surface area (Å²) in [5.74, 6) is -0.201. The molecule has 3 heterocycles. The van der Waals surface area contributed by atoms with Gasteiger partial charge in [-0.25, -0.2) is 0 Å². The number of piperazine rings is 1. The molecule has 8 nitrogen and oxygen atoms in total. The van der Waals surface area contributed by atoms with E-state index in [1.54, 1.807) is 6.20 Å². The lowest BCUT2D eigenvalue weighted by molar-refractivity contribution is -0.146. The van der Waals surface area contributed by atoms with Gasteiger partial charge in [0, 0.05) is 38.6 Å². The van der Waals surface area contributed by atoms with Crippen LogP contribution in [-0.2, 0) is 15.1 Å². The molecule has 138 valence electrons. The van der Waals surface area contributed by atoms with E-state index in [0.717, 1.165) is 25.9 Å². The Labute approximate surface area is 148 Å². The molecule has 0 aliphatic carbocycles. The van der Waals surface area contributed by atoms with Crippen molar-refractivity contribution in [3.63, 3.8) is 0 Å². The van der Waals surface area contributed by atoms with Gasteiger partial charge in [0.15, 0.2) is 0 Å². The summed E-state index contributed by atoms with van der Waals surface area (Å²) in [6.45, 7) is 7.79. The van der Waals surface area contributed by atoms with E-state index in [-0.39, 0.29) is 11.8 Å². The van der Waals surface area contributed by atoms with Gasteiger partial charge in [0.2, 0.25) is 5.91 Å². The molecule has 1 aromatic rings. The van der Waals surface area contributed by atoms with Crippen LogP contribution in [0.3, 0.4) is 0 Å². The van der Waals surface area contributed by atoms with Crippen molar-refractivity contribution in [2.45, 2.75) is 37.8 Å². The first-order valence-electron chi connectivity index (χ1n) is 8.93. The van der Waals surface area contributed by atoms with E-state index in [4.69, 9.17) is 5.73 Å². The number of carbonyl (C=O) groups is 2. The summed E-state index contributed by atoms with van der Waals surface area (Å²) >= 11 is 0. The fraction of sp³-hybridized carbons (Fsp3) is 0.706. The number of carbonyl (C=O) groups excluding carboxylic acids is 2. The zero-order valence-electron chi connectivity index (χ0n) is 15.1. The van der Waals surface area contributed by atoms with E-state index in [1.807, 2.05) is 35.7 Å². The lowest BCUT2D eigenvalue weighted by Crippen LogP contribution is -2.63. The molecule has 1 aromatic heterocycles. The number of hydrogen-bond acceptors (Lipinski definition) is 5. The Morgan fingerprint density at radius 1 is 1.16 bits per heavy atom. The Balaban J connectivity index is 1.74. The Kier molecular flexibility index (Phi) is 4.83. The number of primary amides is 1. The SMILES string of the molecule is CC(C)(C(N)=O)N1CCN(C(=O)C2(n3cccn3)CCNCC2)CC1. The van der Waals surface area contributed by atoms with Crippen molar-refractivity contribution in [2.75, 3.05) is 39.3 Å². The number of aromatic nitrogens is 2. The minimum absolute atomic E-state index is 0.134. The highest BCUT2D eigenvalue weighted by molar-refractivity contribution is 5.85. The first-order valence-corrected chi connectivity index (χ1v) is 8.93. The smallest absolute Gasteiger partial charge is 0.250 e. The van der Waals surface area contributed by atoms with Crippen LogP contribution in [0.5, 0.6) is 0 Å². The van der Waals surface area contributed by atoms with Crippen molar-refractivity contribution in [2.24, 2.45) is 5.73 Å². The van der Waals surface area contributed by atoms with Crippen LogP contribution in [-0.4, -0.2) is 76.2 Å². The third kappa shape index (κ3) is 3.16. The molecule has 3 rings (SSSR count). The molecule has 2 aliphatic heterocycles. The van der Waals surface area contributed by atoms with E-state index in [0.29, 0.717) is 26.2 Å². The van der Waals surface area contributed by atoms with Crippen molar-refractivity contribution in [3.05, 3.63) is 18.5 Å². The minimum Gasteiger partial charge on any atom is -0.368 e. The van der Waals surface area contributed by atoms with Gasteiger partial charge in [-0.2, -0.15) is 5.10 Å². The summed E-state index contributed by atoms with van der Waals surface area (Å²) in [7, 11) is 0. The zero-order chi connectivity index (χ0) is 18.1. The van der Waals surface area contributed by atoms with Gasteiger partial charge < -0.3 is 16.0 Å². The summed E-state index contributed by atoms with van der Waals surface area (Å²) in [4.78, 5) is 29.0. The highest BCUT2D eigenvalue weighted by Crippen LogP contribution is 2.30. The maximum atomic E-state index is 13.4. The van der Waals surface area contributed by atoms with Crippen LogP contribution in [0.2, 0.25) is 0 Å². The zero-order valence-corrected chi connectivity index (χ0v) is 15.1. The lowest BCUT2D eigenvalue weighted by atomic mass is 9.86. The molecule has 25 heavy (non-hydrogen) atoms. The standard InChI is InChI=1S/C17H28N6O2/c1-16(2,14(18)24)22-12-10-21(11-13-22)15(25)17(4-7-19-8-5-17)23-9-3-6-20-23/h3,6,9,19H,4-5,7-8,10-13H2,1-2H3,(H2,18,24). The van der Waals surface area contributed by atoms with Gasteiger partial charge in [-0.15, -0.1) is 0 Å². The number of piperidine rings is 1. The summed E-state index contributed by atoms with van der Waals surface area (Å²) < 4.78 is 1.83. The maximum Gasteiger partial charge on any atom is 0.250 e. The molecule has 2 fully saturated rings. The van der Waals surface area contributed by atoms with Crippen LogP contribution in [0.1, 0.15) is 26.7 Å². The summed E-state index contributed by atoms with van der Waals surface area (Å²) in [5.41, 5.74) is 4.23. The van der Waals surface area contributed by atoms with Gasteiger partial charge in [-0.3, -0.25) is 19.2 Å². The van der Waals surface area contributed by atoms with Crippen LogP contribution in [0.15, 0.2) is 18.5 Å². The Hall–Kier alpha value is -1.93. The molecule has 0 aromatic carbocycles. The normalized spacial score (nSPS) is 21.9. The van der Waals surface area contributed by atoms with E-state index >= 15 is 0 Å². The molecular weight excluding hydrogens is 320 g/mol. The Bertz CT molecular complexity index is 613. The summed E-state index contributed by atoms with van der Waals surface area (Å²) in [5, 5.41) is 7.70. The fourth-order valence-corrected chi connectivity index (χ4v) is 3.82. The predicted molar refractivity (Wildman–Crippen MR) is 93.7 cm³/mol. The summed E-state index contributed by atoms with van der Waals surface area (Å²) in [6, 6.07) is 1.87. The fourth-order valence-electron chi connectivity index (χ4n) is 3.82. The minimum atomic E-state index is -0.691. The van der Waals surface area contributed by atoms with E-state index < -0.39 is 11.1 Å². The average Bonchev–Trinajstić information content (AvgIpc) is 3.17. The second kappa shape index (κ2) is 6.76. The van der Waals surface area contributed by atoms with Gasteiger partial charge in [0.25, 0.3) is 5.91 Å². The van der Waals surface area contributed by atoms with Crippen LogP contribution in [0.25, 0.3) is 0 Å². The highest BCUT2D eigenvalue weighted by Gasteiger charge is 2.45. The van der Waals surface area contributed by atoms with Crippen molar-refractivity contribution >= 4 is 11.8 Å². The second-order valence-electron chi connectivity index (χ2n) is 7.43. The molecule has 3 N–H and O–H groups in total. The predicted octanol–water partition coefficient (Wildman–Crippen LogP) is -0.630. The molecule has 2 amide bonds. The van der Waals surface area contributed by atoms with E-state index in [1.165, 1.54) is 0 Å². The molecule has 0 atom stereocenters. The van der Waals surface area contributed by atoms with Crippen LogP contribution < -0.4 is 11.1 Å². The number of nitrogens with zero attached hydrogens (tertiary/aromatic N) is 4. The molecule has 0 unspecified atom stereocenters. The number of nitrogens with two attached hydrogens (primary N) is 1. The van der Waals surface area contributed by atoms with Crippen molar-refractivity contribution in [1.29, 1.82) is 0 Å². The van der Waals surface area contributed by atoms with Gasteiger partial charge in [0.1, 0.15) is 5.54 Å². The second-order valence-corrected chi connectivity index (χ2v) is 7.43. The van der Waals surface area contributed by atoms with E-state index in [9.17, 15) is 9.59 Å². The first kappa shape index (κ1) is 17.9. The van der Waals surface area contributed by atoms with Crippen LogP contribution in [0, 0.1) is 0 Å². The highest BCUT2D eigenvalue weighted by atomic mass is 16.2. The third-order valence-electron chi connectivity index (χ3n) is 5.73. The van der Waals surface area contributed by atoms with Gasteiger partial charge in [-0.1, -0.05) is 0 Å². The Morgan fingerprint density at radius 2 is 1.80 bits per heavy atom. The topological polar surface area (TPSA) is 96.5 Å². The maximum absolute atomic E-state index is 13.4. The molecule has 0 radical (unpaired) electrons. The van der Waals surface area contributed by atoms with Crippen molar-refractivity contribution in [3.8, 4) is 0 Å². The molecule has 2 aliphatic rings. The van der Waals surface area contributed by atoms with Crippen LogP contribution in [0.4, 0.5) is 0 Å². The van der Waals surface area contributed by atoms with Gasteiger partial charge in [0.05, 0.1) is 5.54 Å². The van der Waals surface area contributed by atoms with Gasteiger partial charge in [-0.05, 0) is 45.8 Å². The molecule has 2 saturated heterocycles.